The number of fused-ring (bicyclic) bond motifs is 1. The Kier molecular flexibility index (Phi) is 3.79. The lowest BCUT2D eigenvalue weighted by Gasteiger charge is -2.27. The van der Waals surface area contributed by atoms with E-state index in [1.807, 2.05) is 17.4 Å². The van der Waals surface area contributed by atoms with Gasteiger partial charge in [0.25, 0.3) is 0 Å². The number of imidazole rings is 1. The number of rotatable bonds is 3. The van der Waals surface area contributed by atoms with Crippen LogP contribution in [-0.2, 0) is 0 Å². The SMILES string of the molecule is CC(C(=O)c1c(Cl)ccc2cncn12)C1CCCCC1. The van der Waals surface area contributed by atoms with E-state index in [1.54, 1.807) is 18.6 Å². The van der Waals surface area contributed by atoms with Crippen LogP contribution < -0.4 is 0 Å². The summed E-state index contributed by atoms with van der Waals surface area (Å²) in [5.74, 6) is 0.664. The summed E-state index contributed by atoms with van der Waals surface area (Å²) in [5, 5.41) is 0.517. The van der Waals surface area contributed by atoms with Gasteiger partial charge in [-0.1, -0.05) is 37.8 Å². The van der Waals surface area contributed by atoms with E-state index in [9.17, 15) is 4.79 Å². The molecule has 1 fully saturated rings. The predicted molar refractivity (Wildman–Crippen MR) is 80.3 cm³/mol. The first kappa shape index (κ1) is 13.6. The van der Waals surface area contributed by atoms with Crippen LogP contribution >= 0.6 is 11.6 Å². The highest BCUT2D eigenvalue weighted by Crippen LogP contribution is 2.33. The van der Waals surface area contributed by atoms with Crippen molar-refractivity contribution < 1.29 is 4.79 Å². The first-order chi connectivity index (χ1) is 9.68. The number of carbonyl (C=O) groups excluding carboxylic acids is 1. The summed E-state index contributed by atoms with van der Waals surface area (Å²) in [6, 6.07) is 3.68. The highest BCUT2D eigenvalue weighted by atomic mass is 35.5. The Bertz CT molecular complexity index is 628. The lowest BCUT2D eigenvalue weighted by molar-refractivity contribution is 0.0857. The normalized spacial score (nSPS) is 18.3. The second-order valence-corrected chi connectivity index (χ2v) is 6.18. The fraction of sp³-hybridized carbons (Fsp3) is 0.500. The molecule has 1 aliphatic carbocycles. The maximum atomic E-state index is 12.8. The molecule has 1 atom stereocenters. The van der Waals surface area contributed by atoms with Crippen molar-refractivity contribution >= 4 is 22.9 Å². The minimum absolute atomic E-state index is 0.0285. The molecule has 3 rings (SSSR count). The lowest BCUT2D eigenvalue weighted by Crippen LogP contribution is -2.25. The molecule has 106 valence electrons. The molecule has 0 amide bonds. The van der Waals surface area contributed by atoms with Gasteiger partial charge in [0.1, 0.15) is 5.69 Å². The predicted octanol–water partition coefficient (Wildman–Crippen LogP) is 4.39. The maximum absolute atomic E-state index is 12.8. The van der Waals surface area contributed by atoms with Gasteiger partial charge in [-0.25, -0.2) is 4.98 Å². The van der Waals surface area contributed by atoms with E-state index >= 15 is 0 Å². The molecule has 1 aliphatic rings. The Labute approximate surface area is 124 Å². The maximum Gasteiger partial charge on any atom is 0.184 e. The van der Waals surface area contributed by atoms with Crippen LogP contribution in [0.5, 0.6) is 0 Å². The largest absolute Gasteiger partial charge is 0.295 e. The molecule has 2 heterocycles. The summed E-state index contributed by atoms with van der Waals surface area (Å²) in [6.45, 7) is 2.05. The molecule has 0 radical (unpaired) electrons. The Morgan fingerprint density at radius 3 is 2.85 bits per heavy atom. The van der Waals surface area contributed by atoms with Gasteiger partial charge in [-0.15, -0.1) is 0 Å². The average Bonchev–Trinajstić information content (AvgIpc) is 2.95. The molecule has 0 bridgehead atoms. The number of hydrogen-bond acceptors (Lipinski definition) is 2. The van der Waals surface area contributed by atoms with Crippen LogP contribution in [-0.4, -0.2) is 15.2 Å². The van der Waals surface area contributed by atoms with Crippen LogP contribution in [0.1, 0.15) is 49.5 Å². The molecular weight excluding hydrogens is 272 g/mol. The molecule has 0 aromatic carbocycles. The average molecular weight is 291 g/mol. The van der Waals surface area contributed by atoms with Crippen molar-refractivity contribution in [3.8, 4) is 0 Å². The minimum Gasteiger partial charge on any atom is -0.295 e. The monoisotopic (exact) mass is 290 g/mol. The van der Waals surface area contributed by atoms with Gasteiger partial charge in [-0.2, -0.15) is 0 Å². The Hall–Kier alpha value is -1.35. The Morgan fingerprint density at radius 2 is 2.10 bits per heavy atom. The molecular formula is C16H19ClN2O. The molecule has 4 heteroatoms. The first-order valence-electron chi connectivity index (χ1n) is 7.33. The van der Waals surface area contributed by atoms with Crippen LogP contribution in [0.15, 0.2) is 24.7 Å². The highest BCUT2D eigenvalue weighted by Gasteiger charge is 2.28. The summed E-state index contributed by atoms with van der Waals surface area (Å²) in [5.41, 5.74) is 1.49. The number of aromatic nitrogens is 2. The standard InChI is InChI=1S/C16H19ClN2O/c1-11(12-5-3-2-4-6-12)16(20)15-14(17)8-7-13-9-18-10-19(13)15/h7-12H,2-6H2,1H3. The van der Waals surface area contributed by atoms with Crippen molar-refractivity contribution in [1.82, 2.24) is 9.38 Å². The molecule has 3 nitrogen and oxygen atoms in total. The number of carbonyl (C=O) groups is 1. The third-order valence-corrected chi connectivity index (χ3v) is 4.84. The van der Waals surface area contributed by atoms with Crippen molar-refractivity contribution in [3.63, 3.8) is 0 Å². The van der Waals surface area contributed by atoms with E-state index in [2.05, 4.69) is 4.98 Å². The van der Waals surface area contributed by atoms with E-state index in [-0.39, 0.29) is 11.7 Å². The van der Waals surface area contributed by atoms with Gasteiger partial charge in [0.2, 0.25) is 0 Å². The summed E-state index contributed by atoms with van der Waals surface area (Å²) < 4.78 is 1.81. The zero-order valence-corrected chi connectivity index (χ0v) is 12.4. The van der Waals surface area contributed by atoms with Gasteiger partial charge in [-0.05, 0) is 30.9 Å². The molecule has 0 aliphatic heterocycles. The molecule has 0 saturated heterocycles. The Morgan fingerprint density at radius 1 is 1.35 bits per heavy atom. The van der Waals surface area contributed by atoms with Crippen molar-refractivity contribution in [2.45, 2.75) is 39.0 Å². The molecule has 1 saturated carbocycles. The van der Waals surface area contributed by atoms with Crippen molar-refractivity contribution in [2.75, 3.05) is 0 Å². The van der Waals surface area contributed by atoms with E-state index < -0.39 is 0 Å². The highest BCUT2D eigenvalue weighted by molar-refractivity contribution is 6.33. The number of Topliss-reactive ketones (excluding diaryl/α,β-unsaturated/α-hetero) is 1. The van der Waals surface area contributed by atoms with Gasteiger partial charge < -0.3 is 0 Å². The van der Waals surface area contributed by atoms with Crippen molar-refractivity contribution in [2.24, 2.45) is 11.8 Å². The molecule has 0 N–H and O–H groups in total. The van der Waals surface area contributed by atoms with Gasteiger partial charge in [0, 0.05) is 5.92 Å². The fourth-order valence-electron chi connectivity index (χ4n) is 3.27. The quantitative estimate of drug-likeness (QED) is 0.786. The third-order valence-electron chi connectivity index (χ3n) is 4.54. The second-order valence-electron chi connectivity index (χ2n) is 5.77. The number of hydrogen-bond donors (Lipinski definition) is 0. The molecule has 2 aromatic heterocycles. The second kappa shape index (κ2) is 5.57. The van der Waals surface area contributed by atoms with E-state index in [4.69, 9.17) is 11.6 Å². The van der Waals surface area contributed by atoms with Gasteiger partial charge in [-0.3, -0.25) is 9.20 Å². The van der Waals surface area contributed by atoms with E-state index in [0.717, 1.165) is 18.4 Å². The summed E-state index contributed by atoms with van der Waals surface area (Å²) in [4.78, 5) is 17.0. The number of ketones is 1. The number of nitrogens with zero attached hydrogens (tertiary/aromatic N) is 2. The van der Waals surface area contributed by atoms with Crippen molar-refractivity contribution in [3.05, 3.63) is 35.4 Å². The van der Waals surface area contributed by atoms with E-state index in [0.29, 0.717) is 16.6 Å². The van der Waals surface area contributed by atoms with Crippen LogP contribution in [0.3, 0.4) is 0 Å². The zero-order valence-electron chi connectivity index (χ0n) is 11.7. The van der Waals surface area contributed by atoms with Crippen LogP contribution in [0.4, 0.5) is 0 Å². The smallest absolute Gasteiger partial charge is 0.184 e. The van der Waals surface area contributed by atoms with Gasteiger partial charge in [0.15, 0.2) is 5.78 Å². The first-order valence-corrected chi connectivity index (χ1v) is 7.71. The minimum atomic E-state index is 0.0285. The molecule has 2 aromatic rings. The van der Waals surface area contributed by atoms with Gasteiger partial charge >= 0.3 is 0 Å². The fourth-order valence-corrected chi connectivity index (χ4v) is 3.52. The van der Waals surface area contributed by atoms with Crippen LogP contribution in [0.25, 0.3) is 5.52 Å². The molecule has 20 heavy (non-hydrogen) atoms. The zero-order chi connectivity index (χ0) is 14.1. The number of pyridine rings is 1. The lowest BCUT2D eigenvalue weighted by atomic mass is 9.78. The van der Waals surface area contributed by atoms with E-state index in [1.165, 1.54) is 19.3 Å². The third kappa shape index (κ3) is 2.35. The van der Waals surface area contributed by atoms with Crippen LogP contribution in [0, 0.1) is 11.8 Å². The Balaban J connectivity index is 1.95. The topological polar surface area (TPSA) is 34.4 Å². The van der Waals surface area contributed by atoms with Crippen molar-refractivity contribution in [1.29, 1.82) is 0 Å². The molecule has 1 unspecified atom stereocenters. The molecule has 0 spiro atoms. The number of halogens is 1. The van der Waals surface area contributed by atoms with Gasteiger partial charge in [0.05, 0.1) is 23.1 Å². The summed E-state index contributed by atoms with van der Waals surface area (Å²) >= 11 is 6.27. The summed E-state index contributed by atoms with van der Waals surface area (Å²) in [7, 11) is 0. The van der Waals surface area contributed by atoms with Crippen LogP contribution in [0.2, 0.25) is 5.02 Å². The summed E-state index contributed by atoms with van der Waals surface area (Å²) in [6.07, 6.45) is 9.52.